The Balaban J connectivity index is 1.44. The molecule has 1 aliphatic carbocycles. The summed E-state index contributed by atoms with van der Waals surface area (Å²) >= 11 is 0. The fourth-order valence-corrected chi connectivity index (χ4v) is 3.99. The molecule has 6 nitrogen and oxygen atoms in total. The highest BCUT2D eigenvalue weighted by Gasteiger charge is 2.26. The van der Waals surface area contributed by atoms with E-state index >= 15 is 0 Å². The number of hydrogen-bond acceptors (Lipinski definition) is 3. The first-order chi connectivity index (χ1) is 12.6. The number of carbonyl (C=O) groups is 1. The van der Waals surface area contributed by atoms with Crippen LogP contribution in [0.1, 0.15) is 42.1 Å². The van der Waals surface area contributed by atoms with Crippen LogP contribution in [0.25, 0.3) is 5.57 Å². The summed E-state index contributed by atoms with van der Waals surface area (Å²) in [5.74, 6) is 0.336. The summed E-state index contributed by atoms with van der Waals surface area (Å²) < 4.78 is 1.87. The van der Waals surface area contributed by atoms with Gasteiger partial charge in [-0.2, -0.15) is 5.10 Å². The molecule has 2 heterocycles. The van der Waals surface area contributed by atoms with Crippen LogP contribution in [-0.2, 0) is 13.5 Å². The van der Waals surface area contributed by atoms with Crippen molar-refractivity contribution in [3.63, 3.8) is 0 Å². The Hall–Kier alpha value is -2.76. The molecule has 1 aromatic carbocycles. The van der Waals surface area contributed by atoms with E-state index in [1.165, 1.54) is 5.57 Å². The van der Waals surface area contributed by atoms with E-state index in [2.05, 4.69) is 16.5 Å². The first kappa shape index (κ1) is 16.7. The fraction of sp³-hybridized carbons (Fsp3) is 0.400. The van der Waals surface area contributed by atoms with Crippen molar-refractivity contribution < 1.29 is 9.90 Å². The second-order valence-corrected chi connectivity index (χ2v) is 7.00. The summed E-state index contributed by atoms with van der Waals surface area (Å²) in [5, 5.41) is 17.4. The normalized spacial score (nSPS) is 19.7. The van der Waals surface area contributed by atoms with Gasteiger partial charge in [0.2, 0.25) is 0 Å². The van der Waals surface area contributed by atoms with Crippen LogP contribution in [-0.4, -0.2) is 38.9 Å². The molecular formula is C20H24N4O2. The molecule has 1 atom stereocenters. The second-order valence-electron chi connectivity index (χ2n) is 7.00. The number of hydrogen-bond donors (Lipinski definition) is 2. The number of carbonyl (C=O) groups excluding carboxylic acids is 1. The molecule has 0 bridgehead atoms. The van der Waals surface area contributed by atoms with Crippen LogP contribution in [0.15, 0.2) is 36.5 Å². The maximum atomic E-state index is 12.7. The van der Waals surface area contributed by atoms with Gasteiger partial charge in [0.1, 0.15) is 5.75 Å². The highest BCUT2D eigenvalue weighted by atomic mass is 16.3. The zero-order valence-corrected chi connectivity index (χ0v) is 15.0. The van der Waals surface area contributed by atoms with Crippen molar-refractivity contribution in [1.29, 1.82) is 0 Å². The Morgan fingerprint density at radius 3 is 2.92 bits per heavy atom. The molecule has 0 saturated heterocycles. The minimum atomic E-state index is -0.0356. The number of nitrogens with zero attached hydrogens (tertiary/aromatic N) is 3. The van der Waals surface area contributed by atoms with Crippen LogP contribution in [0.4, 0.5) is 4.79 Å². The lowest BCUT2D eigenvalue weighted by Gasteiger charge is -2.31. The minimum absolute atomic E-state index is 0.0270. The van der Waals surface area contributed by atoms with Crippen LogP contribution in [0, 0.1) is 0 Å². The van der Waals surface area contributed by atoms with Crippen molar-refractivity contribution in [2.24, 2.45) is 7.05 Å². The molecule has 0 spiro atoms. The third-order valence-corrected chi connectivity index (χ3v) is 5.43. The summed E-state index contributed by atoms with van der Waals surface area (Å²) in [7, 11) is 1.94. The maximum Gasteiger partial charge on any atom is 0.318 e. The van der Waals surface area contributed by atoms with E-state index in [-0.39, 0.29) is 12.1 Å². The largest absolute Gasteiger partial charge is 0.508 e. The first-order valence-corrected chi connectivity index (χ1v) is 9.17. The predicted octanol–water partition coefficient (Wildman–Crippen LogP) is 3.00. The summed E-state index contributed by atoms with van der Waals surface area (Å²) in [6, 6.07) is 7.52. The summed E-state index contributed by atoms with van der Waals surface area (Å²) in [4.78, 5) is 14.6. The van der Waals surface area contributed by atoms with Crippen LogP contribution in [0.2, 0.25) is 0 Å². The van der Waals surface area contributed by atoms with Gasteiger partial charge >= 0.3 is 6.03 Å². The van der Waals surface area contributed by atoms with Crippen molar-refractivity contribution in [3.05, 3.63) is 53.4 Å². The quantitative estimate of drug-likeness (QED) is 0.873. The van der Waals surface area contributed by atoms with Gasteiger partial charge in [-0.25, -0.2) is 4.79 Å². The number of nitrogens with one attached hydrogen (secondary N) is 1. The lowest BCUT2D eigenvalue weighted by atomic mass is 9.87. The Labute approximate surface area is 153 Å². The molecule has 0 saturated carbocycles. The Kier molecular flexibility index (Phi) is 4.41. The number of urea groups is 1. The molecule has 2 amide bonds. The van der Waals surface area contributed by atoms with E-state index in [0.717, 1.165) is 42.5 Å². The second kappa shape index (κ2) is 6.86. The van der Waals surface area contributed by atoms with E-state index in [0.29, 0.717) is 18.8 Å². The molecule has 1 aromatic heterocycles. The standard InChI is InChI=1S/C20H24N4O2/c1-23-18(8-11-21-23)14-9-12-24(13-10-14)20(26)22-17-6-2-5-16-15(17)4-3-7-19(16)25/h3-4,7-9,11,17,25H,2,5-6,10,12-13H2,1H3,(H,22,26). The third-order valence-electron chi connectivity index (χ3n) is 5.43. The monoisotopic (exact) mass is 352 g/mol. The Morgan fingerprint density at radius 2 is 2.19 bits per heavy atom. The summed E-state index contributed by atoms with van der Waals surface area (Å²) in [5.41, 5.74) is 4.37. The number of aromatic nitrogens is 2. The predicted molar refractivity (Wildman–Crippen MR) is 99.7 cm³/mol. The number of amides is 2. The summed E-state index contributed by atoms with van der Waals surface area (Å²) in [6.07, 6.45) is 7.49. The Morgan fingerprint density at radius 1 is 1.31 bits per heavy atom. The van der Waals surface area contributed by atoms with Crippen molar-refractivity contribution >= 4 is 11.6 Å². The van der Waals surface area contributed by atoms with Crippen LogP contribution >= 0.6 is 0 Å². The molecule has 6 heteroatoms. The lowest BCUT2D eigenvalue weighted by molar-refractivity contribution is 0.197. The third kappa shape index (κ3) is 3.07. The number of fused-ring (bicyclic) bond motifs is 1. The van der Waals surface area contributed by atoms with Crippen molar-refractivity contribution in [2.45, 2.75) is 31.7 Å². The van der Waals surface area contributed by atoms with Gasteiger partial charge in [-0.05, 0) is 54.5 Å². The number of benzene rings is 1. The van der Waals surface area contributed by atoms with E-state index in [9.17, 15) is 9.90 Å². The van der Waals surface area contributed by atoms with Gasteiger partial charge in [0, 0.05) is 26.3 Å². The molecule has 26 heavy (non-hydrogen) atoms. The molecule has 2 aromatic rings. The molecule has 0 fully saturated rings. The van der Waals surface area contributed by atoms with Gasteiger partial charge in [0.05, 0.1) is 11.7 Å². The first-order valence-electron chi connectivity index (χ1n) is 9.17. The lowest BCUT2D eigenvalue weighted by Crippen LogP contribution is -2.44. The van der Waals surface area contributed by atoms with Gasteiger partial charge in [-0.3, -0.25) is 4.68 Å². The maximum absolute atomic E-state index is 12.7. The van der Waals surface area contributed by atoms with Crippen molar-refractivity contribution in [2.75, 3.05) is 13.1 Å². The molecule has 4 rings (SSSR count). The molecular weight excluding hydrogens is 328 g/mol. The van der Waals surface area contributed by atoms with E-state index in [4.69, 9.17) is 0 Å². The Bertz CT molecular complexity index is 855. The summed E-state index contributed by atoms with van der Waals surface area (Å²) in [6.45, 7) is 1.30. The van der Waals surface area contributed by atoms with Crippen molar-refractivity contribution in [1.82, 2.24) is 20.0 Å². The highest BCUT2D eigenvalue weighted by molar-refractivity contribution is 5.77. The molecule has 2 aliphatic rings. The molecule has 136 valence electrons. The minimum Gasteiger partial charge on any atom is -0.508 e. The van der Waals surface area contributed by atoms with Gasteiger partial charge in [0.15, 0.2) is 0 Å². The van der Waals surface area contributed by atoms with E-state index in [1.807, 2.05) is 34.8 Å². The van der Waals surface area contributed by atoms with Crippen LogP contribution < -0.4 is 5.32 Å². The zero-order chi connectivity index (χ0) is 18.1. The number of phenols is 1. The van der Waals surface area contributed by atoms with Crippen molar-refractivity contribution in [3.8, 4) is 5.75 Å². The SMILES string of the molecule is Cn1nccc1C1=CCN(C(=O)NC2CCCc3c(O)cccc32)CC1. The molecule has 1 unspecified atom stereocenters. The van der Waals surface area contributed by atoms with Gasteiger partial charge in [-0.1, -0.05) is 18.2 Å². The smallest absolute Gasteiger partial charge is 0.318 e. The number of aryl methyl sites for hydroxylation is 1. The molecule has 2 N–H and O–H groups in total. The fourth-order valence-electron chi connectivity index (χ4n) is 3.99. The van der Waals surface area contributed by atoms with Crippen LogP contribution in [0.3, 0.4) is 0 Å². The van der Waals surface area contributed by atoms with E-state index in [1.54, 1.807) is 12.3 Å². The van der Waals surface area contributed by atoms with Gasteiger partial charge < -0.3 is 15.3 Å². The average molecular weight is 352 g/mol. The molecule has 0 radical (unpaired) electrons. The van der Waals surface area contributed by atoms with Gasteiger partial charge in [0.25, 0.3) is 0 Å². The number of aromatic hydroxyl groups is 1. The average Bonchev–Trinajstić information content (AvgIpc) is 3.09. The van der Waals surface area contributed by atoms with Crippen LogP contribution in [0.5, 0.6) is 5.75 Å². The molecule has 1 aliphatic heterocycles. The van der Waals surface area contributed by atoms with Gasteiger partial charge in [-0.15, -0.1) is 0 Å². The highest BCUT2D eigenvalue weighted by Crippen LogP contribution is 2.34. The number of rotatable bonds is 2. The number of phenolic OH excluding ortho intramolecular Hbond substituents is 1. The topological polar surface area (TPSA) is 70.4 Å². The van der Waals surface area contributed by atoms with E-state index < -0.39 is 0 Å². The zero-order valence-electron chi connectivity index (χ0n) is 15.0.